The van der Waals surface area contributed by atoms with Crippen LogP contribution >= 0.6 is 0 Å². The lowest BCUT2D eigenvalue weighted by Gasteiger charge is -2.20. The summed E-state index contributed by atoms with van der Waals surface area (Å²) in [6, 6.07) is 16.6. The average molecular weight is 445 g/mol. The van der Waals surface area contributed by atoms with E-state index in [2.05, 4.69) is 74.5 Å². The molecule has 2 aromatic carbocycles. The molecule has 1 N–H and O–H groups in total. The number of nitrogens with zero attached hydrogens (tertiary/aromatic N) is 3. The Hall–Kier alpha value is -3.54. The second-order valence-electron chi connectivity index (χ2n) is 9.30. The number of fused-ring (bicyclic) bond motifs is 1. The third kappa shape index (κ3) is 4.80. The number of rotatable bonds is 7. The van der Waals surface area contributed by atoms with E-state index < -0.39 is 0 Å². The summed E-state index contributed by atoms with van der Waals surface area (Å²) in [7, 11) is 3.31. The molecule has 0 radical (unpaired) electrons. The first-order valence-electron chi connectivity index (χ1n) is 11.2. The van der Waals surface area contributed by atoms with Gasteiger partial charge in [-0.2, -0.15) is 9.61 Å². The highest BCUT2D eigenvalue weighted by Crippen LogP contribution is 2.30. The molecule has 0 saturated carbocycles. The van der Waals surface area contributed by atoms with Gasteiger partial charge < -0.3 is 14.8 Å². The topological polar surface area (TPSA) is 60.7 Å². The maximum Gasteiger partial charge on any atom is 0.165 e. The minimum absolute atomic E-state index is 0.0870. The normalized spacial score (nSPS) is 11.6. The van der Waals surface area contributed by atoms with Gasteiger partial charge >= 0.3 is 0 Å². The Bertz CT molecular complexity index is 1250. The molecule has 4 rings (SSSR count). The summed E-state index contributed by atoms with van der Waals surface area (Å²) in [5, 5.41) is 8.25. The maximum absolute atomic E-state index is 5.44. The van der Waals surface area contributed by atoms with E-state index in [1.807, 2.05) is 22.8 Å². The molecule has 0 aliphatic carbocycles. The highest BCUT2D eigenvalue weighted by atomic mass is 16.5. The maximum atomic E-state index is 5.44. The number of hydrogen-bond donors (Lipinski definition) is 1. The summed E-state index contributed by atoms with van der Waals surface area (Å²) in [4.78, 5) is 5.00. The highest BCUT2D eigenvalue weighted by molar-refractivity contribution is 5.78. The molecule has 4 aromatic rings. The molecule has 0 fully saturated rings. The van der Waals surface area contributed by atoms with Crippen LogP contribution in [0.3, 0.4) is 0 Å². The summed E-state index contributed by atoms with van der Waals surface area (Å²) in [5.41, 5.74) is 6.35. The van der Waals surface area contributed by atoms with Crippen molar-refractivity contribution in [1.82, 2.24) is 14.6 Å². The zero-order valence-corrected chi connectivity index (χ0v) is 20.3. The number of methoxy groups -OCH3 is 2. The van der Waals surface area contributed by atoms with Crippen LogP contribution in [0.15, 0.2) is 54.7 Å². The summed E-state index contributed by atoms with van der Waals surface area (Å²) in [6.07, 6.45) is 2.74. The monoisotopic (exact) mass is 444 g/mol. The van der Waals surface area contributed by atoms with Gasteiger partial charge in [-0.1, -0.05) is 56.7 Å². The van der Waals surface area contributed by atoms with E-state index in [1.165, 1.54) is 11.1 Å². The van der Waals surface area contributed by atoms with Gasteiger partial charge in [0, 0.05) is 23.6 Å². The molecule has 6 heteroatoms. The van der Waals surface area contributed by atoms with Crippen molar-refractivity contribution in [2.75, 3.05) is 26.1 Å². The van der Waals surface area contributed by atoms with Crippen molar-refractivity contribution in [1.29, 1.82) is 0 Å². The zero-order valence-electron chi connectivity index (χ0n) is 20.3. The second kappa shape index (κ2) is 9.14. The lowest BCUT2D eigenvalue weighted by Crippen LogP contribution is -2.17. The van der Waals surface area contributed by atoms with Crippen LogP contribution < -0.4 is 14.8 Å². The SMILES string of the molecule is COc1ccc(CCNc2cc(C(C)(C)C)nc3c(-c4ccc(C)cc4)cnn23)cc1OC. The van der Waals surface area contributed by atoms with Gasteiger partial charge in [-0.25, -0.2) is 4.98 Å². The standard InChI is InChI=1S/C27H32N4O2/c1-18-7-10-20(11-8-18)21-17-29-31-25(16-24(27(2,3)4)30-26(21)31)28-14-13-19-9-12-22(32-5)23(15-19)33-6/h7-12,15-17,28H,13-14H2,1-6H3. The van der Waals surface area contributed by atoms with Crippen LogP contribution in [0.5, 0.6) is 11.5 Å². The Balaban J connectivity index is 1.65. The summed E-state index contributed by atoms with van der Waals surface area (Å²) in [6.45, 7) is 9.39. The summed E-state index contributed by atoms with van der Waals surface area (Å²) >= 11 is 0. The number of nitrogens with one attached hydrogen (secondary N) is 1. The van der Waals surface area contributed by atoms with Crippen molar-refractivity contribution < 1.29 is 9.47 Å². The predicted octanol–water partition coefficient (Wildman–Crippen LogP) is 5.67. The van der Waals surface area contributed by atoms with E-state index in [9.17, 15) is 0 Å². The number of anilines is 1. The van der Waals surface area contributed by atoms with Crippen molar-refractivity contribution in [3.8, 4) is 22.6 Å². The first-order valence-corrected chi connectivity index (χ1v) is 11.2. The lowest BCUT2D eigenvalue weighted by atomic mass is 9.92. The first kappa shape index (κ1) is 22.6. The van der Waals surface area contributed by atoms with E-state index in [0.29, 0.717) is 0 Å². The average Bonchev–Trinajstić information content (AvgIpc) is 3.23. The summed E-state index contributed by atoms with van der Waals surface area (Å²) < 4.78 is 12.7. The third-order valence-electron chi connectivity index (χ3n) is 5.77. The molecule has 0 atom stereocenters. The van der Waals surface area contributed by atoms with Gasteiger partial charge in [-0.15, -0.1) is 0 Å². The summed E-state index contributed by atoms with van der Waals surface area (Å²) in [5.74, 6) is 2.41. The van der Waals surface area contributed by atoms with Crippen LogP contribution in [-0.4, -0.2) is 35.4 Å². The molecule has 2 aromatic heterocycles. The number of aryl methyl sites for hydroxylation is 1. The van der Waals surface area contributed by atoms with Crippen molar-refractivity contribution in [2.45, 2.75) is 39.5 Å². The molecule has 0 aliphatic rings. The van der Waals surface area contributed by atoms with Crippen molar-refractivity contribution in [2.24, 2.45) is 0 Å². The Morgan fingerprint density at radius 1 is 0.939 bits per heavy atom. The van der Waals surface area contributed by atoms with Gasteiger partial charge in [0.15, 0.2) is 17.1 Å². The Kier molecular flexibility index (Phi) is 6.27. The first-order chi connectivity index (χ1) is 15.8. The molecular weight excluding hydrogens is 412 g/mol. The van der Waals surface area contributed by atoms with Crippen molar-refractivity contribution in [3.63, 3.8) is 0 Å². The number of ether oxygens (including phenoxy) is 2. The van der Waals surface area contributed by atoms with Gasteiger partial charge in [0.1, 0.15) is 5.82 Å². The molecule has 0 saturated heterocycles. The van der Waals surface area contributed by atoms with Crippen LogP contribution in [0.4, 0.5) is 5.82 Å². The Morgan fingerprint density at radius 3 is 2.33 bits per heavy atom. The van der Waals surface area contributed by atoms with E-state index >= 15 is 0 Å². The lowest BCUT2D eigenvalue weighted by molar-refractivity contribution is 0.354. The van der Waals surface area contributed by atoms with E-state index in [4.69, 9.17) is 14.5 Å². The minimum Gasteiger partial charge on any atom is -0.493 e. The molecule has 2 heterocycles. The molecule has 0 aliphatic heterocycles. The van der Waals surface area contributed by atoms with Gasteiger partial charge in [0.2, 0.25) is 0 Å². The minimum atomic E-state index is -0.0870. The number of benzene rings is 2. The molecule has 6 nitrogen and oxygen atoms in total. The molecule has 0 amide bonds. The fourth-order valence-corrected chi connectivity index (χ4v) is 3.78. The van der Waals surface area contributed by atoms with Crippen LogP contribution in [0.25, 0.3) is 16.8 Å². The molecule has 172 valence electrons. The molecule has 0 unspecified atom stereocenters. The largest absolute Gasteiger partial charge is 0.493 e. The molecular formula is C27H32N4O2. The van der Waals surface area contributed by atoms with Gasteiger partial charge in [-0.05, 0) is 36.6 Å². The fourth-order valence-electron chi connectivity index (χ4n) is 3.78. The number of aromatic nitrogens is 3. The zero-order chi connectivity index (χ0) is 23.6. The van der Waals surface area contributed by atoms with Gasteiger partial charge in [0.25, 0.3) is 0 Å². The molecule has 0 bridgehead atoms. The Morgan fingerprint density at radius 2 is 1.67 bits per heavy atom. The van der Waals surface area contributed by atoms with Crippen LogP contribution in [0.1, 0.15) is 37.6 Å². The molecule has 33 heavy (non-hydrogen) atoms. The van der Waals surface area contributed by atoms with Crippen LogP contribution in [0, 0.1) is 6.92 Å². The van der Waals surface area contributed by atoms with Crippen LogP contribution in [-0.2, 0) is 11.8 Å². The molecule has 0 spiro atoms. The third-order valence-corrected chi connectivity index (χ3v) is 5.77. The fraction of sp³-hybridized carbons (Fsp3) is 0.333. The van der Waals surface area contributed by atoms with E-state index in [0.717, 1.165) is 52.8 Å². The number of hydrogen-bond acceptors (Lipinski definition) is 5. The van der Waals surface area contributed by atoms with Crippen molar-refractivity contribution >= 4 is 11.5 Å². The van der Waals surface area contributed by atoms with Gasteiger partial charge in [0.05, 0.1) is 26.1 Å². The highest BCUT2D eigenvalue weighted by Gasteiger charge is 2.20. The second-order valence-corrected chi connectivity index (χ2v) is 9.30. The van der Waals surface area contributed by atoms with E-state index in [-0.39, 0.29) is 5.41 Å². The Labute approximate surface area is 195 Å². The van der Waals surface area contributed by atoms with Crippen molar-refractivity contribution in [3.05, 3.63) is 71.5 Å². The van der Waals surface area contributed by atoms with Crippen LogP contribution in [0.2, 0.25) is 0 Å². The smallest absolute Gasteiger partial charge is 0.165 e. The van der Waals surface area contributed by atoms with Gasteiger partial charge in [-0.3, -0.25) is 0 Å². The predicted molar refractivity (Wildman–Crippen MR) is 134 cm³/mol. The quantitative estimate of drug-likeness (QED) is 0.398. The van der Waals surface area contributed by atoms with E-state index in [1.54, 1.807) is 14.2 Å².